The molecular formula is C66H90N2O42. The molecule has 6 aliphatic heterocycles. The van der Waals surface area contributed by atoms with Crippen LogP contribution in [0.15, 0.2) is 0 Å². The van der Waals surface area contributed by atoms with Gasteiger partial charge in [0.05, 0.1) is 12.5 Å². The minimum atomic E-state index is -3.22. The molecule has 6 fully saturated rings. The van der Waals surface area contributed by atoms with E-state index in [1.807, 2.05) is 0 Å². The number of fused-ring (bicyclic) bond motifs is 1. The molecule has 0 aliphatic carbocycles. The summed E-state index contributed by atoms with van der Waals surface area (Å²) in [6.07, 6.45) is -48.0. The molecule has 0 aromatic heterocycles. The maximum atomic E-state index is 15.8. The van der Waals surface area contributed by atoms with Gasteiger partial charge in [-0.25, -0.2) is 4.79 Å². The molecule has 6 aliphatic rings. The fourth-order valence-corrected chi connectivity index (χ4v) is 12.8. The number of rotatable bonds is 30. The van der Waals surface area contributed by atoms with E-state index in [4.69, 9.17) is 118 Å². The molecule has 6 heterocycles. The first-order chi connectivity index (χ1) is 51.5. The molecule has 2 amide bonds. The predicted octanol–water partition coefficient (Wildman–Crippen LogP) is -3.31. The highest BCUT2D eigenvalue weighted by molar-refractivity contribution is 5.80. The van der Waals surface area contributed by atoms with Crippen molar-refractivity contribution >= 4 is 101 Å². The molecule has 44 heteroatoms. The Bertz CT molecular complexity index is 3400. The fourth-order valence-electron chi connectivity index (χ4n) is 12.8. The van der Waals surface area contributed by atoms with E-state index in [0.717, 1.165) is 118 Å². The van der Waals surface area contributed by atoms with Crippen LogP contribution in [0.1, 0.15) is 117 Å². The summed E-state index contributed by atoms with van der Waals surface area (Å²) in [7, 11) is 1.10. The predicted molar refractivity (Wildman–Crippen MR) is 342 cm³/mol. The molecule has 0 saturated carbocycles. The number of carbonyl (C=O) groups is 17. The number of nitrogens with one attached hydrogen (secondary N) is 2. The Morgan fingerprint density at radius 1 is 0.373 bits per heavy atom. The molecule has 6 saturated heterocycles. The number of amides is 2. The third kappa shape index (κ3) is 24.8. The first-order valence-electron chi connectivity index (χ1n) is 34.0. The zero-order chi connectivity index (χ0) is 82.1. The smallest absolute Gasteiger partial charge is 0.367 e. The van der Waals surface area contributed by atoms with Crippen molar-refractivity contribution in [2.75, 3.05) is 40.1 Å². The van der Waals surface area contributed by atoms with Crippen molar-refractivity contribution in [2.24, 2.45) is 0 Å². The van der Waals surface area contributed by atoms with E-state index in [0.29, 0.717) is 0 Å². The van der Waals surface area contributed by atoms with E-state index in [2.05, 4.69) is 10.6 Å². The highest BCUT2D eigenvalue weighted by Crippen LogP contribution is 2.47. The van der Waals surface area contributed by atoms with Gasteiger partial charge in [-0.05, 0) is 0 Å². The molecule has 0 unspecified atom stereocenters. The Morgan fingerprint density at radius 3 is 1.19 bits per heavy atom. The molecule has 1 spiro atoms. The van der Waals surface area contributed by atoms with Crippen LogP contribution in [-0.2, 0) is 200 Å². The molecule has 44 nitrogen and oxygen atoms in total. The van der Waals surface area contributed by atoms with Gasteiger partial charge in [-0.15, -0.1) is 0 Å². The van der Waals surface area contributed by atoms with E-state index in [1.165, 1.54) is 0 Å². The normalized spacial score (nSPS) is 32.8. The first kappa shape index (κ1) is 89.5. The fraction of sp³-hybridized carbons (Fsp3) is 0.742. The van der Waals surface area contributed by atoms with Crippen molar-refractivity contribution in [3.05, 3.63) is 0 Å². The van der Waals surface area contributed by atoms with Crippen LogP contribution in [0.5, 0.6) is 0 Å². The van der Waals surface area contributed by atoms with Crippen LogP contribution < -0.4 is 10.6 Å². The summed E-state index contributed by atoms with van der Waals surface area (Å²) in [6, 6.07) is -3.92. The topological polar surface area (TPSA) is 545 Å². The molecule has 6 rings (SSSR count). The van der Waals surface area contributed by atoms with Gasteiger partial charge in [0.15, 0.2) is 80.1 Å². The van der Waals surface area contributed by atoms with Gasteiger partial charge in [0.2, 0.25) is 11.8 Å². The van der Waals surface area contributed by atoms with Crippen LogP contribution in [0.4, 0.5) is 0 Å². The maximum Gasteiger partial charge on any atom is 0.367 e. The van der Waals surface area contributed by atoms with Gasteiger partial charge in [-0.3, -0.25) is 76.7 Å². The van der Waals surface area contributed by atoms with E-state index in [9.17, 15) is 76.7 Å². The Labute approximate surface area is 626 Å². The summed E-state index contributed by atoms with van der Waals surface area (Å²) >= 11 is 0. The van der Waals surface area contributed by atoms with Gasteiger partial charge in [0, 0.05) is 118 Å². The van der Waals surface area contributed by atoms with Gasteiger partial charge in [-0.1, -0.05) is 0 Å². The number of carbonyl (C=O) groups excluding carboxylic acids is 17. The lowest BCUT2D eigenvalue weighted by atomic mass is 9.86. The number of hydrogen-bond donors (Lipinski definition) is 2. The largest absolute Gasteiger partial charge is 0.463 e. The SMILES string of the molecule is CO[C@@H]1O[C@H](COC(C)=O)[C@@H](O[C@@H]2O[C@H](COC(C)=O)[C@H](O[C@@H]3O[C@H](COC(C)=O)[C@H](OC(C)=O)[C@H](O[C@@H]4O[C@H](COC(C)=O)[C@H](OC(C)=O)[C@H](OC(C)=O)[C@H]4OC(C)=O)[C@H]3NC(C)=O)[C@@H]3O[C@@]4(C[C@H](OC(C)=O)[C@@H](NC(C)=O)[C@H]([C@@H](OC(C)=O)[C@@H](COC(C)=O)OC(C)=O)O4)C(=O)O[C@@H]23)[C@H](OC(C)=O)[C@H]1OC(C)=O. The quantitative estimate of drug-likeness (QED) is 0.0525. The average Bonchev–Trinajstić information content (AvgIpc) is 0.722. The summed E-state index contributed by atoms with van der Waals surface area (Å²) in [5, 5.41) is 5.07. The second kappa shape index (κ2) is 40.0. The van der Waals surface area contributed by atoms with Crippen molar-refractivity contribution in [3.8, 4) is 0 Å². The first-order valence-corrected chi connectivity index (χ1v) is 34.0. The van der Waals surface area contributed by atoms with Crippen LogP contribution in [0.25, 0.3) is 0 Å². The molecule has 0 aromatic rings. The van der Waals surface area contributed by atoms with E-state index in [-0.39, 0.29) is 0 Å². The standard InChI is InChI=1S/C66H90N2O42/c1-24(69)67-46-40(92-31(8)76)18-66(109-54(46)49(95-34(11)79)41(93-32(9)77)19-87-26(3)71)65(85)108-60-57(110-66)52(45(23-91-30(7)75)104-64(60)106-51-44(22-90-29(6)74)102-62(86-17)58(99-38(15)83)56(51)98-37(14)82)105-61-47(68-25(2)70)53(48(94-33(10)78)42(101-61)20-88-27(4)72)107-63-59(100-39(16)84)55(97-36(13)81)50(96-35(12)80)43(103-63)21-89-28(5)73/h40-64H,18-23H2,1-17H3,(H,67,69)(H,68,70)/t40-,41+,42+,43+,44+,45+,46+,47+,48-,49-,50-,51+,52-,53+,54+,55-,56-,57-,58+,59+,60+,61-,62+,63-,64-,66-/m0/s1. The summed E-state index contributed by atoms with van der Waals surface area (Å²) in [4.78, 5) is 225. The highest BCUT2D eigenvalue weighted by atomic mass is 16.8. The lowest BCUT2D eigenvalue weighted by molar-refractivity contribution is -0.421. The van der Waals surface area contributed by atoms with E-state index in [1.54, 1.807) is 0 Å². The van der Waals surface area contributed by atoms with E-state index < -0.39 is 300 Å². The molecule has 110 heavy (non-hydrogen) atoms. The van der Waals surface area contributed by atoms with E-state index >= 15 is 4.79 Å². The molecule has 616 valence electrons. The Kier molecular flexibility index (Phi) is 32.5. The molecular weight excluding hydrogens is 1490 g/mol. The Hall–Kier alpha value is -9.41. The second-order valence-electron chi connectivity index (χ2n) is 25.5. The van der Waals surface area contributed by atoms with Crippen LogP contribution in [0, 0.1) is 0 Å². The number of esters is 15. The monoisotopic (exact) mass is 1580 g/mol. The highest BCUT2D eigenvalue weighted by Gasteiger charge is 2.68. The van der Waals surface area contributed by atoms with Crippen molar-refractivity contribution in [3.63, 3.8) is 0 Å². The van der Waals surface area contributed by atoms with Crippen molar-refractivity contribution in [2.45, 2.75) is 276 Å². The zero-order valence-corrected chi connectivity index (χ0v) is 62.8. The summed E-state index contributed by atoms with van der Waals surface area (Å²) in [5.74, 6) is -21.8. The van der Waals surface area contributed by atoms with Gasteiger partial charge in [-0.2, -0.15) is 0 Å². The number of ether oxygens (including phenoxy) is 25. The molecule has 2 N–H and O–H groups in total. The Balaban J connectivity index is 1.71. The summed E-state index contributed by atoms with van der Waals surface area (Å²) in [6.45, 7) is 10.3. The minimum absolute atomic E-state index is 0.808. The Morgan fingerprint density at radius 2 is 0.745 bits per heavy atom. The van der Waals surface area contributed by atoms with Crippen molar-refractivity contribution in [1.29, 1.82) is 0 Å². The van der Waals surface area contributed by atoms with Gasteiger partial charge in [0.1, 0.15) is 100 Å². The third-order valence-electron chi connectivity index (χ3n) is 16.4. The third-order valence-corrected chi connectivity index (χ3v) is 16.4. The zero-order valence-electron chi connectivity index (χ0n) is 62.8. The number of hydrogen-bond acceptors (Lipinski definition) is 42. The van der Waals surface area contributed by atoms with Crippen molar-refractivity contribution in [1.82, 2.24) is 10.6 Å². The van der Waals surface area contributed by atoms with Crippen LogP contribution in [0.2, 0.25) is 0 Å². The molecule has 0 radical (unpaired) electrons. The number of methoxy groups -OCH3 is 1. The molecule has 0 bridgehead atoms. The van der Waals surface area contributed by atoms with Crippen LogP contribution >= 0.6 is 0 Å². The average molecular weight is 1580 g/mol. The maximum absolute atomic E-state index is 15.8. The van der Waals surface area contributed by atoms with Gasteiger partial charge in [0.25, 0.3) is 5.79 Å². The minimum Gasteiger partial charge on any atom is -0.463 e. The lowest BCUT2D eigenvalue weighted by Crippen LogP contribution is -2.76. The second-order valence-corrected chi connectivity index (χ2v) is 25.5. The summed E-state index contributed by atoms with van der Waals surface area (Å²) < 4.78 is 150. The van der Waals surface area contributed by atoms with Crippen molar-refractivity contribution < 1.29 is 200 Å². The lowest BCUT2D eigenvalue weighted by Gasteiger charge is -2.56. The van der Waals surface area contributed by atoms with Crippen LogP contribution in [0.3, 0.4) is 0 Å². The van der Waals surface area contributed by atoms with Crippen LogP contribution in [-0.4, -0.2) is 301 Å². The van der Waals surface area contributed by atoms with Gasteiger partial charge < -0.3 is 129 Å². The summed E-state index contributed by atoms with van der Waals surface area (Å²) in [5.41, 5.74) is 0. The molecule has 26 atom stereocenters. The molecule has 0 aromatic carbocycles. The van der Waals surface area contributed by atoms with Gasteiger partial charge >= 0.3 is 89.5 Å².